The number of nitrogens with one attached hydrogen (secondary N) is 2. The third-order valence-electron chi connectivity index (χ3n) is 6.00. The van der Waals surface area contributed by atoms with Crippen LogP contribution in [0.4, 0.5) is 11.4 Å². The molecule has 2 aromatic rings. The largest absolute Gasteiger partial charge is 0.379 e. The molecule has 4 rings (SSSR count). The molecule has 2 aliphatic heterocycles. The standard InChI is InChI=1S/C23H32N4O3S/c28-31(29,23-4-2-1-3-5-23)25-21-6-8-22(9-7-21)27-13-10-20(11-14-27)24-12-15-26-16-18-30-19-17-26/h1-9,20,24-25H,10-19H2. The maximum atomic E-state index is 12.5. The number of hydrogen-bond acceptors (Lipinski definition) is 6. The molecule has 0 saturated carbocycles. The van der Waals surface area contributed by atoms with Crippen LogP contribution in [0.3, 0.4) is 0 Å². The molecule has 31 heavy (non-hydrogen) atoms. The number of rotatable bonds is 8. The Morgan fingerprint density at radius 2 is 1.58 bits per heavy atom. The lowest BCUT2D eigenvalue weighted by Gasteiger charge is -2.35. The summed E-state index contributed by atoms with van der Waals surface area (Å²) in [4.78, 5) is 5.09. The van der Waals surface area contributed by atoms with Gasteiger partial charge in [0.05, 0.1) is 18.1 Å². The van der Waals surface area contributed by atoms with Crippen molar-refractivity contribution in [2.45, 2.75) is 23.8 Å². The molecule has 0 amide bonds. The van der Waals surface area contributed by atoms with Crippen molar-refractivity contribution in [2.75, 3.05) is 62.1 Å². The quantitative estimate of drug-likeness (QED) is 0.651. The molecule has 7 nitrogen and oxygen atoms in total. The van der Waals surface area contributed by atoms with Gasteiger partial charge in [-0.15, -0.1) is 0 Å². The number of morpholine rings is 1. The van der Waals surface area contributed by atoms with Crippen LogP contribution in [0, 0.1) is 0 Å². The van der Waals surface area contributed by atoms with Gasteiger partial charge in [0.1, 0.15) is 0 Å². The highest BCUT2D eigenvalue weighted by atomic mass is 32.2. The second kappa shape index (κ2) is 10.5. The molecule has 0 aliphatic carbocycles. The van der Waals surface area contributed by atoms with E-state index in [4.69, 9.17) is 4.74 Å². The maximum absolute atomic E-state index is 12.5. The fraction of sp³-hybridized carbons (Fsp3) is 0.478. The number of ether oxygens (including phenoxy) is 1. The van der Waals surface area contributed by atoms with Crippen molar-refractivity contribution >= 4 is 21.4 Å². The van der Waals surface area contributed by atoms with Crippen LogP contribution in [-0.4, -0.2) is 71.8 Å². The molecule has 0 atom stereocenters. The summed E-state index contributed by atoms with van der Waals surface area (Å²) >= 11 is 0. The summed E-state index contributed by atoms with van der Waals surface area (Å²) < 4.78 is 33.0. The number of piperidine rings is 1. The number of sulfonamides is 1. The van der Waals surface area contributed by atoms with Crippen LogP contribution in [0.1, 0.15) is 12.8 Å². The van der Waals surface area contributed by atoms with Crippen molar-refractivity contribution in [3.8, 4) is 0 Å². The van der Waals surface area contributed by atoms with E-state index in [-0.39, 0.29) is 4.90 Å². The molecule has 2 fully saturated rings. The number of nitrogens with zero attached hydrogens (tertiary/aromatic N) is 2. The van der Waals surface area contributed by atoms with Crippen molar-refractivity contribution in [2.24, 2.45) is 0 Å². The lowest BCUT2D eigenvalue weighted by atomic mass is 10.0. The molecule has 0 radical (unpaired) electrons. The van der Waals surface area contributed by atoms with Crippen LogP contribution >= 0.6 is 0 Å². The Morgan fingerprint density at radius 3 is 2.26 bits per heavy atom. The summed E-state index contributed by atoms with van der Waals surface area (Å²) in [5, 5.41) is 3.71. The summed E-state index contributed by atoms with van der Waals surface area (Å²) in [6.45, 7) is 7.91. The van der Waals surface area contributed by atoms with Crippen LogP contribution < -0.4 is 14.9 Å². The Hall–Kier alpha value is -2.13. The first kappa shape index (κ1) is 22.1. The lowest BCUT2D eigenvalue weighted by molar-refractivity contribution is 0.0380. The summed E-state index contributed by atoms with van der Waals surface area (Å²) in [5.41, 5.74) is 1.71. The van der Waals surface area contributed by atoms with E-state index in [1.54, 1.807) is 30.3 Å². The highest BCUT2D eigenvalue weighted by molar-refractivity contribution is 7.92. The van der Waals surface area contributed by atoms with Gasteiger partial charge < -0.3 is 15.0 Å². The topological polar surface area (TPSA) is 73.9 Å². The minimum atomic E-state index is -3.56. The molecule has 0 bridgehead atoms. The first-order valence-corrected chi connectivity index (χ1v) is 12.5. The molecule has 2 saturated heterocycles. The first-order valence-electron chi connectivity index (χ1n) is 11.1. The predicted octanol–water partition coefficient (Wildman–Crippen LogP) is 2.38. The van der Waals surface area contributed by atoms with Crippen LogP contribution in [0.15, 0.2) is 59.5 Å². The van der Waals surface area contributed by atoms with Gasteiger partial charge in [0, 0.05) is 56.7 Å². The van der Waals surface area contributed by atoms with E-state index in [0.29, 0.717) is 11.7 Å². The third kappa shape index (κ3) is 6.20. The molecular weight excluding hydrogens is 412 g/mol. The van der Waals surface area contributed by atoms with Crippen molar-refractivity contribution in [3.63, 3.8) is 0 Å². The van der Waals surface area contributed by atoms with Crippen LogP contribution in [-0.2, 0) is 14.8 Å². The van der Waals surface area contributed by atoms with E-state index in [1.807, 2.05) is 24.3 Å². The zero-order valence-corrected chi connectivity index (χ0v) is 18.7. The molecule has 2 N–H and O–H groups in total. The Kier molecular flexibility index (Phi) is 7.45. The summed E-state index contributed by atoms with van der Waals surface area (Å²) in [6, 6.07) is 16.7. The van der Waals surface area contributed by atoms with Gasteiger partial charge in [-0.3, -0.25) is 9.62 Å². The predicted molar refractivity (Wildman–Crippen MR) is 124 cm³/mol. The third-order valence-corrected chi connectivity index (χ3v) is 7.40. The van der Waals surface area contributed by atoms with Crippen LogP contribution in [0.2, 0.25) is 0 Å². The SMILES string of the molecule is O=S(=O)(Nc1ccc(N2CCC(NCCN3CCOCC3)CC2)cc1)c1ccccc1. The van der Waals surface area contributed by atoms with Crippen molar-refractivity contribution in [3.05, 3.63) is 54.6 Å². The zero-order valence-electron chi connectivity index (χ0n) is 17.9. The van der Waals surface area contributed by atoms with Crippen molar-refractivity contribution in [1.82, 2.24) is 10.2 Å². The van der Waals surface area contributed by atoms with Gasteiger partial charge in [0.25, 0.3) is 10.0 Å². The zero-order chi connectivity index (χ0) is 21.5. The lowest BCUT2D eigenvalue weighted by Crippen LogP contribution is -2.46. The van der Waals surface area contributed by atoms with E-state index < -0.39 is 10.0 Å². The van der Waals surface area contributed by atoms with Crippen molar-refractivity contribution < 1.29 is 13.2 Å². The molecule has 2 aliphatic rings. The molecule has 8 heteroatoms. The van der Waals surface area contributed by atoms with Crippen LogP contribution in [0.5, 0.6) is 0 Å². The Labute approximate surface area is 185 Å². The molecule has 2 aromatic carbocycles. The van der Waals surface area contributed by atoms with Gasteiger partial charge in [-0.05, 0) is 49.2 Å². The summed E-state index contributed by atoms with van der Waals surface area (Å²) in [5.74, 6) is 0. The summed E-state index contributed by atoms with van der Waals surface area (Å²) in [7, 11) is -3.56. The smallest absolute Gasteiger partial charge is 0.261 e. The van der Waals surface area contributed by atoms with Gasteiger partial charge >= 0.3 is 0 Å². The normalized spacial score (nSPS) is 18.8. The Morgan fingerprint density at radius 1 is 0.903 bits per heavy atom. The molecule has 2 heterocycles. The molecule has 0 spiro atoms. The summed E-state index contributed by atoms with van der Waals surface area (Å²) in [6.07, 6.45) is 2.23. The van der Waals surface area contributed by atoms with Gasteiger partial charge in [-0.25, -0.2) is 8.42 Å². The minimum Gasteiger partial charge on any atom is -0.379 e. The fourth-order valence-corrected chi connectivity index (χ4v) is 5.23. The van der Waals surface area contributed by atoms with E-state index in [2.05, 4.69) is 19.8 Å². The van der Waals surface area contributed by atoms with Crippen molar-refractivity contribution in [1.29, 1.82) is 0 Å². The minimum absolute atomic E-state index is 0.266. The van der Waals surface area contributed by atoms with Crippen LogP contribution in [0.25, 0.3) is 0 Å². The number of benzene rings is 2. The Balaban J connectivity index is 1.23. The highest BCUT2D eigenvalue weighted by Crippen LogP contribution is 2.23. The molecule has 168 valence electrons. The van der Waals surface area contributed by atoms with E-state index in [1.165, 1.54) is 0 Å². The number of hydrogen-bond donors (Lipinski definition) is 2. The fourth-order valence-electron chi connectivity index (χ4n) is 4.15. The number of anilines is 2. The van der Waals surface area contributed by atoms with E-state index in [9.17, 15) is 8.42 Å². The second-order valence-corrected chi connectivity index (χ2v) is 9.82. The maximum Gasteiger partial charge on any atom is 0.261 e. The van der Waals surface area contributed by atoms with Gasteiger partial charge in [-0.1, -0.05) is 18.2 Å². The molecular formula is C23H32N4O3S. The first-order chi connectivity index (χ1) is 15.1. The van der Waals surface area contributed by atoms with Gasteiger partial charge in [0.2, 0.25) is 0 Å². The van der Waals surface area contributed by atoms with E-state index in [0.717, 1.165) is 71.0 Å². The molecule has 0 unspecified atom stereocenters. The van der Waals surface area contributed by atoms with E-state index >= 15 is 0 Å². The second-order valence-electron chi connectivity index (χ2n) is 8.13. The average molecular weight is 445 g/mol. The Bertz CT molecular complexity index is 908. The average Bonchev–Trinajstić information content (AvgIpc) is 2.81. The van der Waals surface area contributed by atoms with Gasteiger partial charge in [0.15, 0.2) is 0 Å². The highest BCUT2D eigenvalue weighted by Gasteiger charge is 2.20. The monoisotopic (exact) mass is 444 g/mol. The molecule has 0 aromatic heterocycles. The van der Waals surface area contributed by atoms with Gasteiger partial charge in [-0.2, -0.15) is 0 Å².